The summed E-state index contributed by atoms with van der Waals surface area (Å²) in [7, 11) is 0. The van der Waals surface area contributed by atoms with E-state index >= 15 is 0 Å². The molecular formula is C21H27N3O2. The van der Waals surface area contributed by atoms with Gasteiger partial charge in [-0.3, -0.25) is 9.69 Å². The van der Waals surface area contributed by atoms with E-state index in [0.717, 1.165) is 58.0 Å². The molecule has 0 bridgehead atoms. The van der Waals surface area contributed by atoms with Gasteiger partial charge in [0.25, 0.3) is 5.91 Å². The summed E-state index contributed by atoms with van der Waals surface area (Å²) in [4.78, 5) is 29.1. The van der Waals surface area contributed by atoms with Gasteiger partial charge < -0.3 is 5.32 Å². The third-order valence-electron chi connectivity index (χ3n) is 5.98. The molecule has 1 spiro atoms. The minimum atomic E-state index is -0.631. The minimum Gasteiger partial charge on any atom is -0.323 e. The first kappa shape index (κ1) is 17.3. The van der Waals surface area contributed by atoms with Gasteiger partial charge in [0.2, 0.25) is 0 Å². The first-order valence-corrected chi connectivity index (χ1v) is 9.79. The zero-order valence-electron chi connectivity index (χ0n) is 15.2. The van der Waals surface area contributed by atoms with Gasteiger partial charge in [0.15, 0.2) is 0 Å². The Balaban J connectivity index is 1.41. The summed E-state index contributed by atoms with van der Waals surface area (Å²) in [5.41, 5.74) is 1.98. The first-order valence-electron chi connectivity index (χ1n) is 9.79. The van der Waals surface area contributed by atoms with Crippen molar-refractivity contribution in [3.63, 3.8) is 0 Å². The molecule has 0 atom stereocenters. The number of nitrogens with one attached hydrogen (secondary N) is 1. The Morgan fingerprint density at radius 2 is 1.73 bits per heavy atom. The third-order valence-corrected chi connectivity index (χ3v) is 5.98. The van der Waals surface area contributed by atoms with E-state index < -0.39 is 5.54 Å². The van der Waals surface area contributed by atoms with Gasteiger partial charge in [-0.05, 0) is 30.4 Å². The lowest BCUT2D eigenvalue weighted by Crippen LogP contribution is -2.47. The maximum absolute atomic E-state index is 13.0. The molecule has 1 aromatic rings. The van der Waals surface area contributed by atoms with E-state index in [1.807, 2.05) is 6.07 Å². The number of benzene rings is 1. The molecule has 1 aliphatic carbocycles. The van der Waals surface area contributed by atoms with Crippen LogP contribution in [0, 0.1) is 0 Å². The summed E-state index contributed by atoms with van der Waals surface area (Å²) in [6.45, 7) is 2.03. The van der Waals surface area contributed by atoms with E-state index in [4.69, 9.17) is 0 Å². The van der Waals surface area contributed by atoms with Crippen LogP contribution >= 0.6 is 0 Å². The van der Waals surface area contributed by atoms with Crippen molar-refractivity contribution in [2.24, 2.45) is 0 Å². The van der Waals surface area contributed by atoms with Gasteiger partial charge in [0, 0.05) is 13.1 Å². The molecule has 0 aromatic heterocycles. The Morgan fingerprint density at radius 1 is 1.00 bits per heavy atom. The summed E-state index contributed by atoms with van der Waals surface area (Å²) < 4.78 is 0. The average molecular weight is 353 g/mol. The second kappa shape index (κ2) is 7.23. The number of nitrogens with zero attached hydrogens (tertiary/aromatic N) is 2. The summed E-state index contributed by atoms with van der Waals surface area (Å²) >= 11 is 0. The Kier molecular flexibility index (Phi) is 4.81. The number of urea groups is 1. The van der Waals surface area contributed by atoms with Gasteiger partial charge in [-0.15, -0.1) is 0 Å². The van der Waals surface area contributed by atoms with Crippen molar-refractivity contribution in [3.8, 4) is 0 Å². The van der Waals surface area contributed by atoms with Crippen LogP contribution in [-0.4, -0.2) is 47.0 Å². The molecule has 0 radical (unpaired) electrons. The number of amides is 3. The van der Waals surface area contributed by atoms with Crippen molar-refractivity contribution in [3.05, 3.63) is 42.0 Å². The largest absolute Gasteiger partial charge is 0.326 e. The fourth-order valence-electron chi connectivity index (χ4n) is 4.43. The van der Waals surface area contributed by atoms with E-state index in [9.17, 15) is 9.59 Å². The van der Waals surface area contributed by atoms with Crippen LogP contribution in [0.25, 0.3) is 5.57 Å². The Labute approximate surface area is 155 Å². The normalized spacial score (nSPS) is 23.7. The van der Waals surface area contributed by atoms with E-state index in [2.05, 4.69) is 40.6 Å². The SMILES string of the molecule is O=C1NC2(CCCCCC2)C(=O)N1CN1CC=C(c2ccccc2)CC1. The highest BCUT2D eigenvalue weighted by molar-refractivity contribution is 6.07. The number of hydrogen-bond acceptors (Lipinski definition) is 3. The van der Waals surface area contributed by atoms with Gasteiger partial charge in [-0.1, -0.05) is 62.1 Å². The van der Waals surface area contributed by atoms with Crippen LogP contribution in [0.3, 0.4) is 0 Å². The monoisotopic (exact) mass is 353 g/mol. The van der Waals surface area contributed by atoms with Crippen LogP contribution in [0.5, 0.6) is 0 Å². The smallest absolute Gasteiger partial charge is 0.323 e. The molecule has 3 amide bonds. The Bertz CT molecular complexity index is 705. The highest BCUT2D eigenvalue weighted by atomic mass is 16.2. The van der Waals surface area contributed by atoms with E-state index in [-0.39, 0.29) is 11.9 Å². The van der Waals surface area contributed by atoms with Gasteiger partial charge in [0.05, 0.1) is 6.67 Å². The predicted octanol–water partition coefficient (Wildman–Crippen LogP) is 3.38. The zero-order valence-corrected chi connectivity index (χ0v) is 15.2. The lowest BCUT2D eigenvalue weighted by atomic mass is 9.90. The van der Waals surface area contributed by atoms with Gasteiger partial charge >= 0.3 is 6.03 Å². The molecule has 0 unspecified atom stereocenters. The molecule has 3 aliphatic rings. The summed E-state index contributed by atoms with van der Waals surface area (Å²) in [6.07, 6.45) is 9.09. The molecular weight excluding hydrogens is 326 g/mol. The average Bonchev–Trinajstić information content (AvgIpc) is 2.84. The molecule has 138 valence electrons. The molecule has 1 saturated heterocycles. The molecule has 1 aromatic carbocycles. The molecule has 5 nitrogen and oxygen atoms in total. The second-order valence-corrected chi connectivity index (χ2v) is 7.72. The van der Waals surface area contributed by atoms with Crippen LogP contribution in [0.1, 0.15) is 50.5 Å². The maximum atomic E-state index is 13.0. The van der Waals surface area contributed by atoms with Crippen molar-refractivity contribution in [2.75, 3.05) is 19.8 Å². The number of hydrogen-bond donors (Lipinski definition) is 1. The fraction of sp³-hybridized carbons (Fsp3) is 0.524. The third kappa shape index (κ3) is 3.28. The van der Waals surface area contributed by atoms with Crippen molar-refractivity contribution in [2.45, 2.75) is 50.5 Å². The van der Waals surface area contributed by atoms with Crippen molar-refractivity contribution >= 4 is 17.5 Å². The van der Waals surface area contributed by atoms with E-state index in [1.54, 1.807) is 0 Å². The van der Waals surface area contributed by atoms with E-state index in [1.165, 1.54) is 16.0 Å². The number of carbonyl (C=O) groups is 2. The first-order chi connectivity index (χ1) is 12.7. The molecule has 2 aliphatic heterocycles. The molecule has 2 heterocycles. The number of carbonyl (C=O) groups excluding carboxylic acids is 2. The molecule has 4 rings (SSSR count). The van der Waals surface area contributed by atoms with Crippen LogP contribution in [0.2, 0.25) is 0 Å². The maximum Gasteiger partial charge on any atom is 0.326 e. The highest BCUT2D eigenvalue weighted by Gasteiger charge is 2.50. The Morgan fingerprint density at radius 3 is 2.38 bits per heavy atom. The van der Waals surface area contributed by atoms with Crippen LogP contribution in [-0.2, 0) is 4.79 Å². The van der Waals surface area contributed by atoms with E-state index in [0.29, 0.717) is 6.67 Å². The molecule has 26 heavy (non-hydrogen) atoms. The summed E-state index contributed by atoms with van der Waals surface area (Å²) in [5.74, 6) is -0.0118. The zero-order chi connectivity index (χ0) is 18.0. The number of imide groups is 1. The van der Waals surface area contributed by atoms with Gasteiger partial charge in [0.1, 0.15) is 5.54 Å². The van der Waals surface area contributed by atoms with Crippen LogP contribution in [0.4, 0.5) is 4.79 Å². The standard InChI is InChI=1S/C21H27N3O2/c25-19-21(12-6-1-2-7-13-21)22-20(26)24(19)16-23-14-10-18(11-15-23)17-8-4-3-5-9-17/h3-5,8-10H,1-2,6-7,11-16H2,(H,22,26). The van der Waals surface area contributed by atoms with Crippen molar-refractivity contribution in [1.29, 1.82) is 0 Å². The fourth-order valence-corrected chi connectivity index (χ4v) is 4.43. The van der Waals surface area contributed by atoms with Crippen molar-refractivity contribution < 1.29 is 9.59 Å². The van der Waals surface area contributed by atoms with Crippen LogP contribution < -0.4 is 5.32 Å². The minimum absolute atomic E-state index is 0.0118. The molecule has 1 saturated carbocycles. The van der Waals surface area contributed by atoms with Gasteiger partial charge in [-0.2, -0.15) is 0 Å². The predicted molar refractivity (Wildman–Crippen MR) is 101 cm³/mol. The van der Waals surface area contributed by atoms with Crippen molar-refractivity contribution in [1.82, 2.24) is 15.1 Å². The Hall–Kier alpha value is -2.14. The number of rotatable bonds is 3. The second-order valence-electron chi connectivity index (χ2n) is 7.72. The molecule has 1 N–H and O–H groups in total. The lowest BCUT2D eigenvalue weighted by molar-refractivity contribution is -0.133. The van der Waals surface area contributed by atoms with Crippen LogP contribution in [0.15, 0.2) is 36.4 Å². The molecule has 5 heteroatoms. The van der Waals surface area contributed by atoms with Gasteiger partial charge in [-0.25, -0.2) is 9.69 Å². The highest BCUT2D eigenvalue weighted by Crippen LogP contribution is 2.33. The summed E-state index contributed by atoms with van der Waals surface area (Å²) in [6, 6.07) is 10.2. The summed E-state index contributed by atoms with van der Waals surface area (Å²) in [5, 5.41) is 3.03. The lowest BCUT2D eigenvalue weighted by Gasteiger charge is -2.30. The topological polar surface area (TPSA) is 52.7 Å². The quantitative estimate of drug-likeness (QED) is 0.848. The molecule has 2 fully saturated rings.